The number of halogens is 2. The summed E-state index contributed by atoms with van der Waals surface area (Å²) >= 11 is 22.8. The van der Waals surface area contributed by atoms with Gasteiger partial charge in [0.15, 0.2) is 0 Å². The Balaban J connectivity index is 2.06. The number of hydrogen-bond donors (Lipinski definition) is 0. The lowest BCUT2D eigenvalue weighted by Crippen LogP contribution is -2.30. The lowest BCUT2D eigenvalue weighted by atomic mass is 10.2. The van der Waals surface area contributed by atoms with E-state index >= 15 is 0 Å². The third-order valence-corrected chi connectivity index (χ3v) is 11.7. The molecule has 0 aliphatic carbocycles. The molecular weight excluding hydrogens is 567 g/mol. The van der Waals surface area contributed by atoms with Gasteiger partial charge in [-0.3, -0.25) is 4.78 Å². The van der Waals surface area contributed by atoms with Crippen molar-refractivity contribution in [2.75, 3.05) is 14.1 Å². The minimum Gasteiger partial charge on any atom is -0.481 e. The zero-order valence-electron chi connectivity index (χ0n) is 19.4. The van der Waals surface area contributed by atoms with E-state index in [9.17, 15) is 0 Å². The van der Waals surface area contributed by atoms with Crippen LogP contribution in [-0.2, 0) is 23.6 Å². The first-order valence-corrected chi connectivity index (χ1v) is 17.3. The van der Waals surface area contributed by atoms with Gasteiger partial charge in [0.1, 0.15) is 22.1 Å². The Bertz CT molecular complexity index is 1170. The Hall–Kier alpha value is -1.83. The molecule has 188 valence electrons. The van der Waals surface area contributed by atoms with Crippen LogP contribution < -0.4 is 9.57 Å². The number of hydrogen-bond acceptors (Lipinski definition) is 7. The van der Waals surface area contributed by atoms with Gasteiger partial charge in [0.25, 0.3) is 0 Å². The van der Waals surface area contributed by atoms with Gasteiger partial charge in [-0.1, -0.05) is 18.7 Å². The van der Waals surface area contributed by atoms with Crippen LogP contribution in [0.1, 0.15) is 31.4 Å². The van der Waals surface area contributed by atoms with Crippen molar-refractivity contribution in [1.82, 2.24) is 9.56 Å². The number of rotatable bonds is 12. The maximum atomic E-state index is 8.31. The van der Waals surface area contributed by atoms with Crippen LogP contribution in [0.15, 0.2) is 64.0 Å². The minimum absolute atomic E-state index is 0.436. The van der Waals surface area contributed by atoms with E-state index in [1.165, 1.54) is 4.78 Å². The normalized spacial score (nSPS) is 14.2. The van der Waals surface area contributed by atoms with E-state index in [0.29, 0.717) is 17.9 Å². The molecule has 0 aliphatic heterocycles. The van der Waals surface area contributed by atoms with Crippen molar-refractivity contribution in [2.45, 2.75) is 25.6 Å². The van der Waals surface area contributed by atoms with Crippen molar-refractivity contribution in [3.05, 3.63) is 70.1 Å². The van der Waals surface area contributed by atoms with Crippen LogP contribution in [0.3, 0.4) is 0 Å². The van der Waals surface area contributed by atoms with Crippen LogP contribution in [0.4, 0.5) is 0 Å². The monoisotopic (exact) mass is 591 g/mol. The van der Waals surface area contributed by atoms with Gasteiger partial charge in [0, 0.05) is 19.0 Å². The zero-order valence-corrected chi connectivity index (χ0v) is 24.5. The standard InChI is InChI=1S/C20H25Cl2N7O2P2S2/c1-5-20(2,30-18-10-6-17(7-11-18)15-25-29(4)33(21,22)35)32(34)28(3)24-14-16-8-12-19(13-9-16)31-27-26-23/h6-15,32H,5H2,1-4H3/b24-14+,25-15+. The molecule has 2 atom stereocenters. The third kappa shape index (κ3) is 9.28. The molecule has 9 nitrogen and oxygen atoms in total. The SMILES string of the molecule is CCC(C)(Oc1ccc(/C=N/N(C)P(=S)(Cl)Cl)cc1)[PH](=S)N(C)/N=C/c1ccc(ON=[N+]=[N-])cc1. The summed E-state index contributed by atoms with van der Waals surface area (Å²) in [5.74, 6) is 1.13. The molecule has 0 spiro atoms. The second-order valence-corrected chi connectivity index (χ2v) is 18.5. The number of benzene rings is 2. The summed E-state index contributed by atoms with van der Waals surface area (Å²) in [4.78, 5) is 4.74. The second kappa shape index (κ2) is 13.5. The van der Waals surface area contributed by atoms with Gasteiger partial charge in [0.2, 0.25) is 4.89 Å². The van der Waals surface area contributed by atoms with Crippen LogP contribution in [0.2, 0.25) is 0 Å². The fourth-order valence-corrected chi connectivity index (χ4v) is 5.17. The topological polar surface area (TPSA) is 98.4 Å². The molecule has 0 N–H and O–H groups in total. The van der Waals surface area contributed by atoms with Gasteiger partial charge in [-0.05, 0) is 113 Å². The fourth-order valence-electron chi connectivity index (χ4n) is 2.59. The molecule has 0 amide bonds. The third-order valence-electron chi connectivity index (χ3n) is 4.80. The summed E-state index contributed by atoms with van der Waals surface area (Å²) in [6.45, 7) is 2.40. The zero-order chi connectivity index (χ0) is 26.1. The van der Waals surface area contributed by atoms with Crippen molar-refractivity contribution in [3.63, 3.8) is 0 Å². The Morgan fingerprint density at radius 1 is 1.06 bits per heavy atom. The fraction of sp³-hybridized carbons (Fsp3) is 0.300. The van der Waals surface area contributed by atoms with E-state index in [1.807, 2.05) is 45.2 Å². The predicted molar refractivity (Wildman–Crippen MR) is 154 cm³/mol. The van der Waals surface area contributed by atoms with Gasteiger partial charge in [-0.15, -0.1) is 0 Å². The van der Waals surface area contributed by atoms with Gasteiger partial charge in [-0.25, -0.2) is 4.78 Å². The average molecular weight is 592 g/mol. The van der Waals surface area contributed by atoms with Gasteiger partial charge in [0.05, 0.1) is 19.3 Å². The molecule has 2 unspecified atom stereocenters. The molecule has 0 radical (unpaired) electrons. The van der Waals surface area contributed by atoms with Crippen LogP contribution in [0, 0.1) is 0 Å². The van der Waals surface area contributed by atoms with E-state index in [2.05, 4.69) is 20.4 Å². The van der Waals surface area contributed by atoms with E-state index in [0.717, 1.165) is 11.1 Å². The first-order valence-electron chi connectivity index (χ1n) is 10.2. The molecule has 0 saturated heterocycles. The highest BCUT2D eigenvalue weighted by Gasteiger charge is 2.31. The van der Waals surface area contributed by atoms with Crippen LogP contribution in [-0.4, -0.2) is 41.4 Å². The number of azide groups is 1. The van der Waals surface area contributed by atoms with Gasteiger partial charge >= 0.3 is 0 Å². The number of ether oxygens (including phenoxy) is 1. The molecule has 15 heteroatoms. The Labute approximate surface area is 225 Å². The van der Waals surface area contributed by atoms with Crippen LogP contribution in [0.5, 0.6) is 11.5 Å². The van der Waals surface area contributed by atoms with Crippen LogP contribution >= 0.6 is 34.2 Å². The quantitative estimate of drug-likeness (QED) is 0.0640. The van der Waals surface area contributed by atoms with E-state index in [-0.39, 0.29) is 0 Å². The van der Waals surface area contributed by atoms with Gasteiger partial charge in [-0.2, -0.15) is 10.2 Å². The summed E-state index contributed by atoms with van der Waals surface area (Å²) in [5, 5.41) is 11.2. The summed E-state index contributed by atoms with van der Waals surface area (Å²) in [5.41, 5.74) is 10.00. The highest BCUT2D eigenvalue weighted by Crippen LogP contribution is 2.59. The molecule has 0 bridgehead atoms. The molecular formula is C20H25Cl2N7O2P2S2. The lowest BCUT2D eigenvalue weighted by Gasteiger charge is -2.34. The van der Waals surface area contributed by atoms with Crippen LogP contribution in [0.25, 0.3) is 10.4 Å². The molecule has 2 aromatic carbocycles. The maximum absolute atomic E-state index is 8.31. The van der Waals surface area contributed by atoms with E-state index < -0.39 is 17.1 Å². The molecule has 0 fully saturated rings. The minimum atomic E-state index is -2.64. The molecule has 0 saturated carbocycles. The Morgan fingerprint density at radius 2 is 1.57 bits per heavy atom. The van der Waals surface area contributed by atoms with E-state index in [4.69, 9.17) is 61.2 Å². The Morgan fingerprint density at radius 3 is 2.06 bits per heavy atom. The largest absolute Gasteiger partial charge is 0.481 e. The van der Waals surface area contributed by atoms with E-state index in [1.54, 1.807) is 48.5 Å². The average Bonchev–Trinajstić information content (AvgIpc) is 2.84. The first-order chi connectivity index (χ1) is 16.5. The van der Waals surface area contributed by atoms with Crippen molar-refractivity contribution < 1.29 is 9.57 Å². The van der Waals surface area contributed by atoms with Crippen molar-refractivity contribution in [2.24, 2.45) is 15.5 Å². The number of hydrazone groups is 2. The molecule has 0 aliphatic rings. The molecule has 2 aromatic rings. The molecule has 0 heterocycles. The van der Waals surface area contributed by atoms with Gasteiger partial charge < -0.3 is 9.57 Å². The summed E-state index contributed by atoms with van der Waals surface area (Å²) in [7, 11) is 3.49. The molecule has 35 heavy (non-hydrogen) atoms. The molecule has 2 rings (SSSR count). The van der Waals surface area contributed by atoms with Crippen molar-refractivity contribution >= 4 is 70.3 Å². The first kappa shape index (κ1) is 29.4. The predicted octanol–water partition coefficient (Wildman–Crippen LogP) is 7.32. The Kier molecular flexibility index (Phi) is 11.3. The summed E-state index contributed by atoms with van der Waals surface area (Å²) < 4.78 is 9.51. The summed E-state index contributed by atoms with van der Waals surface area (Å²) in [6, 6.07) is 14.4. The van der Waals surface area contributed by atoms with Crippen molar-refractivity contribution in [3.8, 4) is 11.5 Å². The smallest absolute Gasteiger partial charge is 0.222 e. The highest BCUT2D eigenvalue weighted by molar-refractivity contribution is 8.37. The number of nitrogens with zero attached hydrogens (tertiary/aromatic N) is 7. The van der Waals surface area contributed by atoms with Crippen molar-refractivity contribution in [1.29, 1.82) is 0 Å². The highest BCUT2D eigenvalue weighted by atomic mass is 35.9. The second-order valence-electron chi connectivity index (χ2n) is 7.33. The summed E-state index contributed by atoms with van der Waals surface area (Å²) in [6.07, 6.45) is 4.05. The molecule has 0 aromatic heterocycles. The lowest BCUT2D eigenvalue weighted by molar-refractivity contribution is 0.171. The maximum Gasteiger partial charge on any atom is 0.222 e.